The molecule has 4 aromatic carbocycles. The number of carboxylic acid groups (broad SMARTS) is 1. The van der Waals surface area contributed by atoms with E-state index in [1.54, 1.807) is 45.0 Å². The highest BCUT2D eigenvalue weighted by molar-refractivity contribution is 7.89. The molecule has 1 N–H and O–H groups in total. The van der Waals surface area contributed by atoms with Crippen LogP contribution in [0.25, 0.3) is 22.3 Å². The van der Waals surface area contributed by atoms with Gasteiger partial charge in [0, 0.05) is 17.5 Å². The number of ether oxygens (including phenoxy) is 1. The summed E-state index contributed by atoms with van der Waals surface area (Å²) in [5.74, 6) is -0.00601. The zero-order chi connectivity index (χ0) is 30.0. The van der Waals surface area contributed by atoms with Gasteiger partial charge >= 0.3 is 5.97 Å². The number of benzene rings is 4. The predicted molar refractivity (Wildman–Crippen MR) is 163 cm³/mol. The van der Waals surface area contributed by atoms with Gasteiger partial charge in [-0.1, -0.05) is 66.7 Å². The first-order chi connectivity index (χ1) is 20.1. The van der Waals surface area contributed by atoms with Crippen LogP contribution in [0, 0.1) is 20.8 Å². The summed E-state index contributed by atoms with van der Waals surface area (Å²) in [6.45, 7) is 5.08. The molecule has 8 heteroatoms. The van der Waals surface area contributed by atoms with Crippen molar-refractivity contribution in [2.45, 2.75) is 44.7 Å². The maximum Gasteiger partial charge on any atom is 0.322 e. The van der Waals surface area contributed by atoms with Gasteiger partial charge in [-0.15, -0.1) is 0 Å². The van der Waals surface area contributed by atoms with Crippen molar-refractivity contribution in [1.82, 2.24) is 4.31 Å². The lowest BCUT2D eigenvalue weighted by Gasteiger charge is -2.30. The fourth-order valence-corrected chi connectivity index (χ4v) is 7.45. The molecule has 0 saturated heterocycles. The standard InChI is InChI=1S/C34H33NO6S/c1-22-17-31(40-4)23(2)24(3)33(22)42(38,39)35(29(34(36)37)19-25-11-6-5-7-12-25)21-26-13-10-15-27(18-26)32-20-28-14-8-9-16-30(28)41-32/h5-18,20,29H,19,21H2,1-4H3,(H,36,37). The first-order valence-corrected chi connectivity index (χ1v) is 15.1. The van der Waals surface area contributed by atoms with E-state index in [1.165, 1.54) is 7.11 Å². The summed E-state index contributed by atoms with van der Waals surface area (Å²) in [6.07, 6.45) is 0.00585. The number of aryl methyl sites for hydroxylation is 1. The smallest absolute Gasteiger partial charge is 0.322 e. The van der Waals surface area contributed by atoms with Crippen molar-refractivity contribution >= 4 is 27.0 Å². The summed E-state index contributed by atoms with van der Waals surface area (Å²) in [7, 11) is -2.76. The highest BCUT2D eigenvalue weighted by Gasteiger charge is 2.38. The van der Waals surface area contributed by atoms with Crippen LogP contribution in [0.1, 0.15) is 27.8 Å². The van der Waals surface area contributed by atoms with Gasteiger partial charge in [0.1, 0.15) is 23.1 Å². The second-order valence-electron chi connectivity index (χ2n) is 10.4. The van der Waals surface area contributed by atoms with E-state index in [0.29, 0.717) is 33.8 Å². The van der Waals surface area contributed by atoms with Crippen LogP contribution >= 0.6 is 0 Å². The number of aliphatic carboxylic acids is 1. The number of nitrogens with zero attached hydrogens (tertiary/aromatic N) is 1. The molecule has 1 heterocycles. The molecule has 0 spiro atoms. The first kappa shape index (κ1) is 29.1. The Morgan fingerprint density at radius 2 is 1.57 bits per heavy atom. The van der Waals surface area contributed by atoms with E-state index in [4.69, 9.17) is 9.15 Å². The van der Waals surface area contributed by atoms with Crippen molar-refractivity contribution < 1.29 is 27.5 Å². The van der Waals surface area contributed by atoms with Crippen LogP contribution in [0.15, 0.2) is 100 Å². The molecular weight excluding hydrogens is 550 g/mol. The molecule has 1 aromatic heterocycles. The Bertz CT molecular complexity index is 1830. The van der Waals surface area contributed by atoms with Crippen LogP contribution in [0.5, 0.6) is 5.75 Å². The summed E-state index contributed by atoms with van der Waals surface area (Å²) in [6, 6.07) is 26.4. The third-order valence-corrected chi connectivity index (χ3v) is 9.79. The third-order valence-electron chi connectivity index (χ3n) is 7.65. The molecule has 0 saturated carbocycles. The Morgan fingerprint density at radius 1 is 0.881 bits per heavy atom. The summed E-state index contributed by atoms with van der Waals surface area (Å²) < 4.78 is 41.7. The predicted octanol–water partition coefficient (Wildman–Crippen LogP) is 6.92. The van der Waals surface area contributed by atoms with Crippen molar-refractivity contribution in [3.8, 4) is 17.1 Å². The van der Waals surface area contributed by atoms with E-state index in [1.807, 2.05) is 66.7 Å². The topological polar surface area (TPSA) is 97.1 Å². The Hall–Kier alpha value is -4.40. The van der Waals surface area contributed by atoms with Crippen molar-refractivity contribution in [2.75, 3.05) is 7.11 Å². The van der Waals surface area contributed by atoms with Crippen LogP contribution in [0.4, 0.5) is 0 Å². The highest BCUT2D eigenvalue weighted by atomic mass is 32.2. The van der Waals surface area contributed by atoms with E-state index in [0.717, 1.165) is 26.4 Å². The summed E-state index contributed by atoms with van der Waals surface area (Å²) in [5, 5.41) is 11.4. The molecule has 5 aromatic rings. The minimum absolute atomic E-state index is 0.00585. The SMILES string of the molecule is COc1cc(C)c(S(=O)(=O)N(Cc2cccc(-c3cc4ccccc4o3)c2)C(Cc2ccccc2)C(=O)O)c(C)c1C. The first-order valence-electron chi connectivity index (χ1n) is 13.6. The Balaban J connectivity index is 1.62. The maximum absolute atomic E-state index is 14.5. The average molecular weight is 584 g/mol. The zero-order valence-corrected chi connectivity index (χ0v) is 24.8. The lowest BCUT2D eigenvalue weighted by atomic mass is 10.0. The van der Waals surface area contributed by atoms with Gasteiger partial charge in [0.25, 0.3) is 0 Å². The molecule has 1 unspecified atom stereocenters. The quantitative estimate of drug-likeness (QED) is 0.192. The summed E-state index contributed by atoms with van der Waals surface area (Å²) >= 11 is 0. The highest BCUT2D eigenvalue weighted by Crippen LogP contribution is 2.35. The summed E-state index contributed by atoms with van der Waals surface area (Å²) in [4.78, 5) is 12.9. The second-order valence-corrected chi connectivity index (χ2v) is 12.2. The molecule has 1 atom stereocenters. The molecule has 0 aliphatic rings. The molecule has 0 fully saturated rings. The molecule has 7 nitrogen and oxygen atoms in total. The van der Waals surface area contributed by atoms with Crippen molar-refractivity contribution in [2.24, 2.45) is 0 Å². The number of furan rings is 1. The number of hydrogen-bond acceptors (Lipinski definition) is 5. The number of para-hydroxylation sites is 1. The average Bonchev–Trinajstić information content (AvgIpc) is 3.42. The number of hydrogen-bond donors (Lipinski definition) is 1. The van der Waals surface area contributed by atoms with E-state index >= 15 is 0 Å². The summed E-state index contributed by atoms with van der Waals surface area (Å²) in [5.41, 5.74) is 4.57. The van der Waals surface area contributed by atoms with Gasteiger partial charge in [-0.05, 0) is 79.3 Å². The zero-order valence-electron chi connectivity index (χ0n) is 24.0. The van der Waals surface area contributed by atoms with Crippen LogP contribution in [0.3, 0.4) is 0 Å². The van der Waals surface area contributed by atoms with Crippen molar-refractivity contribution in [3.05, 3.63) is 119 Å². The van der Waals surface area contributed by atoms with Crippen LogP contribution < -0.4 is 4.74 Å². The minimum atomic E-state index is -4.30. The second kappa shape index (κ2) is 11.8. The van der Waals surface area contributed by atoms with E-state index in [-0.39, 0.29) is 17.9 Å². The van der Waals surface area contributed by atoms with E-state index in [9.17, 15) is 18.3 Å². The Morgan fingerprint density at radius 3 is 2.26 bits per heavy atom. The van der Waals surface area contributed by atoms with Crippen molar-refractivity contribution in [1.29, 1.82) is 0 Å². The number of sulfonamides is 1. The lowest BCUT2D eigenvalue weighted by molar-refractivity contribution is -0.141. The van der Waals surface area contributed by atoms with Crippen LogP contribution in [0.2, 0.25) is 0 Å². The monoisotopic (exact) mass is 583 g/mol. The van der Waals surface area contributed by atoms with E-state index in [2.05, 4.69) is 0 Å². The largest absolute Gasteiger partial charge is 0.496 e. The Labute approximate surface area is 246 Å². The minimum Gasteiger partial charge on any atom is -0.496 e. The Kier molecular flexibility index (Phi) is 8.20. The molecule has 42 heavy (non-hydrogen) atoms. The molecule has 0 bridgehead atoms. The van der Waals surface area contributed by atoms with Crippen LogP contribution in [-0.4, -0.2) is 37.0 Å². The molecule has 0 aliphatic heterocycles. The molecule has 216 valence electrons. The number of rotatable bonds is 10. The van der Waals surface area contributed by atoms with E-state index < -0.39 is 22.0 Å². The van der Waals surface area contributed by atoms with Crippen molar-refractivity contribution in [3.63, 3.8) is 0 Å². The lowest BCUT2D eigenvalue weighted by Crippen LogP contribution is -2.46. The van der Waals surface area contributed by atoms with Gasteiger partial charge < -0.3 is 14.3 Å². The normalized spacial score (nSPS) is 12.5. The fourth-order valence-electron chi connectivity index (χ4n) is 5.39. The number of carboxylic acids is 1. The van der Waals surface area contributed by atoms with Crippen LogP contribution in [-0.2, 0) is 27.8 Å². The van der Waals surface area contributed by atoms with Gasteiger partial charge in [-0.25, -0.2) is 8.42 Å². The fraction of sp³-hybridized carbons (Fsp3) is 0.206. The maximum atomic E-state index is 14.5. The molecule has 0 radical (unpaired) electrons. The van der Waals surface area contributed by atoms with Gasteiger partial charge in [0.15, 0.2) is 0 Å². The van der Waals surface area contributed by atoms with Gasteiger partial charge in [0.2, 0.25) is 10.0 Å². The third kappa shape index (κ3) is 5.68. The van der Waals surface area contributed by atoms with Gasteiger partial charge in [-0.2, -0.15) is 4.31 Å². The molecule has 0 amide bonds. The molecule has 5 rings (SSSR count). The molecular formula is C34H33NO6S. The molecule has 0 aliphatic carbocycles. The number of carbonyl (C=O) groups is 1. The van der Waals surface area contributed by atoms with Gasteiger partial charge in [0.05, 0.1) is 12.0 Å². The van der Waals surface area contributed by atoms with Gasteiger partial charge in [-0.3, -0.25) is 4.79 Å². The number of methoxy groups -OCH3 is 1. The number of fused-ring (bicyclic) bond motifs is 1.